The van der Waals surface area contributed by atoms with Crippen LogP contribution in [0.3, 0.4) is 0 Å². The van der Waals surface area contributed by atoms with E-state index in [1.807, 2.05) is 24.3 Å². The van der Waals surface area contributed by atoms with E-state index in [-0.39, 0.29) is 17.6 Å². The summed E-state index contributed by atoms with van der Waals surface area (Å²) in [5.74, 6) is 0.776. The molecule has 0 aliphatic carbocycles. The van der Waals surface area contributed by atoms with Gasteiger partial charge in [0, 0.05) is 18.0 Å². The van der Waals surface area contributed by atoms with Gasteiger partial charge in [0.25, 0.3) is 0 Å². The van der Waals surface area contributed by atoms with Crippen molar-refractivity contribution in [2.75, 3.05) is 20.3 Å². The zero-order valence-electron chi connectivity index (χ0n) is 19.3. The molecule has 0 aliphatic rings. The molecule has 2 atom stereocenters. The van der Waals surface area contributed by atoms with E-state index >= 15 is 0 Å². The fraction of sp³-hybridized carbons (Fsp3) is 0.727. The lowest BCUT2D eigenvalue weighted by molar-refractivity contribution is -0.490. The molecule has 7 nitrogen and oxygen atoms in total. The first-order valence-electron chi connectivity index (χ1n) is 10.6. The molecule has 0 heterocycles. The first kappa shape index (κ1) is 26.6. The number of rotatable bonds is 14. The molecular weight excluding hydrogens is 402 g/mol. The monoisotopic (exact) mass is 441 g/mol. The maximum absolute atomic E-state index is 10.7. The molecule has 0 aromatic heterocycles. The van der Waals surface area contributed by atoms with Crippen LogP contribution in [0.4, 0.5) is 0 Å². The van der Waals surface area contributed by atoms with Gasteiger partial charge in [-0.15, -0.1) is 0 Å². The lowest BCUT2D eigenvalue weighted by atomic mass is 10.1. The number of hydrogen-bond acceptors (Lipinski definition) is 6. The Kier molecular flexibility index (Phi) is 11.0. The van der Waals surface area contributed by atoms with E-state index in [1.165, 1.54) is 0 Å². The number of hydrogen-bond donors (Lipinski definition) is 1. The van der Waals surface area contributed by atoms with Gasteiger partial charge in [-0.2, -0.15) is 0 Å². The quantitative estimate of drug-likeness (QED) is 0.193. The van der Waals surface area contributed by atoms with E-state index in [2.05, 4.69) is 33.9 Å². The SMILES string of the molecule is COc1ccc(CO[C@H](CCCCO[Si](C)(C)C(C)(C)C)C[C@H](O)C[N+](=O)[O-])cc1. The lowest BCUT2D eigenvalue weighted by Gasteiger charge is -2.36. The van der Waals surface area contributed by atoms with Gasteiger partial charge < -0.3 is 19.0 Å². The van der Waals surface area contributed by atoms with Crippen molar-refractivity contribution in [2.45, 2.75) is 83.4 Å². The van der Waals surface area contributed by atoms with Crippen LogP contribution in [-0.4, -0.2) is 50.8 Å². The zero-order valence-corrected chi connectivity index (χ0v) is 20.3. The molecule has 172 valence electrons. The van der Waals surface area contributed by atoms with Gasteiger partial charge in [-0.25, -0.2) is 0 Å². The summed E-state index contributed by atoms with van der Waals surface area (Å²) in [6.07, 6.45) is 1.51. The standard InChI is InChI=1S/C22H39NO6Si/c1-22(2,3)30(5,6)29-14-8-7-9-21(15-19(24)16-23(25)26)28-17-18-10-12-20(27-4)13-11-18/h10-13,19,21,24H,7-9,14-17H2,1-6H3/t19-,21+/m0/s1. The van der Waals surface area contributed by atoms with Crippen LogP contribution in [0, 0.1) is 10.1 Å². The summed E-state index contributed by atoms with van der Waals surface area (Å²) in [6, 6.07) is 7.59. The van der Waals surface area contributed by atoms with Crippen LogP contribution in [-0.2, 0) is 15.8 Å². The molecule has 1 aromatic rings. The minimum absolute atomic E-state index is 0.184. The Morgan fingerprint density at radius 1 is 1.17 bits per heavy atom. The van der Waals surface area contributed by atoms with Crippen molar-refractivity contribution in [1.29, 1.82) is 0 Å². The van der Waals surface area contributed by atoms with Crippen LogP contribution in [0.2, 0.25) is 18.1 Å². The Balaban J connectivity index is 2.53. The lowest BCUT2D eigenvalue weighted by Crippen LogP contribution is -2.41. The average molecular weight is 442 g/mol. The van der Waals surface area contributed by atoms with E-state index < -0.39 is 25.9 Å². The molecule has 30 heavy (non-hydrogen) atoms. The topological polar surface area (TPSA) is 91.1 Å². The summed E-state index contributed by atoms with van der Waals surface area (Å²) in [5, 5.41) is 20.9. The van der Waals surface area contributed by atoms with Crippen molar-refractivity contribution < 1.29 is 23.9 Å². The van der Waals surface area contributed by atoms with E-state index in [9.17, 15) is 15.2 Å². The molecule has 0 bridgehead atoms. The van der Waals surface area contributed by atoms with Gasteiger partial charge in [0.2, 0.25) is 6.54 Å². The van der Waals surface area contributed by atoms with Crippen LogP contribution in [0.25, 0.3) is 0 Å². The summed E-state index contributed by atoms with van der Waals surface area (Å²) in [5.41, 5.74) is 0.992. The van der Waals surface area contributed by atoms with Gasteiger partial charge in [0.1, 0.15) is 11.9 Å². The maximum atomic E-state index is 10.7. The molecule has 0 radical (unpaired) electrons. The highest BCUT2D eigenvalue weighted by molar-refractivity contribution is 6.74. The first-order valence-corrected chi connectivity index (χ1v) is 13.5. The van der Waals surface area contributed by atoms with Crippen LogP contribution in [0.5, 0.6) is 5.75 Å². The van der Waals surface area contributed by atoms with Crippen LogP contribution in [0.1, 0.15) is 52.0 Å². The predicted octanol–water partition coefficient (Wildman–Crippen LogP) is 4.80. The van der Waals surface area contributed by atoms with Gasteiger partial charge in [-0.1, -0.05) is 32.9 Å². The number of ether oxygens (including phenoxy) is 2. The molecule has 0 unspecified atom stereocenters. The summed E-state index contributed by atoms with van der Waals surface area (Å²) < 4.78 is 17.4. The van der Waals surface area contributed by atoms with Crippen LogP contribution in [0.15, 0.2) is 24.3 Å². The van der Waals surface area contributed by atoms with Crippen molar-refractivity contribution in [3.63, 3.8) is 0 Å². The molecular formula is C22H39NO6Si. The fourth-order valence-corrected chi connectivity index (χ4v) is 3.86. The van der Waals surface area contributed by atoms with Gasteiger partial charge in [-0.05, 0) is 55.1 Å². The summed E-state index contributed by atoms with van der Waals surface area (Å²) in [7, 11) is -0.132. The number of nitro groups is 1. The van der Waals surface area contributed by atoms with E-state index in [1.54, 1.807) is 7.11 Å². The number of methoxy groups -OCH3 is 1. The third kappa shape index (κ3) is 10.0. The molecule has 1 N–H and O–H groups in total. The Bertz CT molecular complexity index is 630. The van der Waals surface area contributed by atoms with E-state index in [0.29, 0.717) is 13.2 Å². The molecule has 1 aromatic carbocycles. The van der Waals surface area contributed by atoms with Gasteiger partial charge in [0.15, 0.2) is 8.32 Å². The van der Waals surface area contributed by atoms with E-state index in [4.69, 9.17) is 13.9 Å². The van der Waals surface area contributed by atoms with Crippen molar-refractivity contribution in [3.05, 3.63) is 39.9 Å². The highest BCUT2D eigenvalue weighted by Gasteiger charge is 2.36. The average Bonchev–Trinajstić information content (AvgIpc) is 2.64. The van der Waals surface area contributed by atoms with Gasteiger partial charge in [-0.3, -0.25) is 10.1 Å². The van der Waals surface area contributed by atoms with Crippen LogP contribution < -0.4 is 4.74 Å². The molecule has 0 spiro atoms. The largest absolute Gasteiger partial charge is 0.497 e. The Hall–Kier alpha value is -1.48. The van der Waals surface area contributed by atoms with Crippen LogP contribution >= 0.6 is 0 Å². The minimum atomic E-state index is -1.75. The molecule has 0 saturated carbocycles. The maximum Gasteiger partial charge on any atom is 0.229 e. The van der Waals surface area contributed by atoms with Crippen molar-refractivity contribution in [1.82, 2.24) is 0 Å². The highest BCUT2D eigenvalue weighted by atomic mass is 28.4. The molecule has 0 saturated heterocycles. The van der Waals surface area contributed by atoms with Gasteiger partial charge in [0.05, 0.1) is 19.8 Å². The Labute approximate surface area is 182 Å². The highest BCUT2D eigenvalue weighted by Crippen LogP contribution is 2.36. The smallest absolute Gasteiger partial charge is 0.229 e. The third-order valence-electron chi connectivity index (χ3n) is 5.73. The second kappa shape index (κ2) is 12.4. The van der Waals surface area contributed by atoms with Crippen molar-refractivity contribution in [2.24, 2.45) is 0 Å². The predicted molar refractivity (Wildman–Crippen MR) is 121 cm³/mol. The van der Waals surface area contributed by atoms with Crippen molar-refractivity contribution in [3.8, 4) is 5.75 Å². The normalized spacial score (nSPS) is 14.4. The van der Waals surface area contributed by atoms with Crippen molar-refractivity contribution >= 4 is 8.32 Å². The second-order valence-electron chi connectivity index (χ2n) is 9.29. The molecule has 0 aliphatic heterocycles. The number of aliphatic hydroxyl groups is 1. The molecule has 0 amide bonds. The number of nitrogens with zero attached hydrogens (tertiary/aromatic N) is 1. The molecule has 1 rings (SSSR count). The summed E-state index contributed by atoms with van der Waals surface area (Å²) in [4.78, 5) is 10.2. The summed E-state index contributed by atoms with van der Waals surface area (Å²) in [6.45, 7) is 11.8. The molecule has 0 fully saturated rings. The fourth-order valence-electron chi connectivity index (χ4n) is 2.77. The van der Waals surface area contributed by atoms with Gasteiger partial charge >= 0.3 is 0 Å². The zero-order chi connectivity index (χ0) is 22.8. The Morgan fingerprint density at radius 2 is 1.80 bits per heavy atom. The first-order chi connectivity index (χ1) is 13.9. The third-order valence-corrected chi connectivity index (χ3v) is 10.3. The van der Waals surface area contributed by atoms with E-state index in [0.717, 1.165) is 30.6 Å². The Morgan fingerprint density at radius 3 is 2.33 bits per heavy atom. The molecule has 8 heteroatoms. The number of aliphatic hydroxyl groups excluding tert-OH is 1. The number of benzene rings is 1. The summed E-state index contributed by atoms with van der Waals surface area (Å²) >= 11 is 0. The number of unbranched alkanes of at least 4 members (excludes halogenated alkanes) is 1. The minimum Gasteiger partial charge on any atom is -0.497 e. The second-order valence-corrected chi connectivity index (χ2v) is 14.1.